The Bertz CT molecular complexity index is 886. The van der Waals surface area contributed by atoms with Crippen LogP contribution in [-0.2, 0) is 23.9 Å². The van der Waals surface area contributed by atoms with Crippen LogP contribution in [0.1, 0.15) is 77.6 Å². The number of fused-ring (bicyclic) bond motifs is 1. The Morgan fingerprint density at radius 3 is 2.54 bits per heavy atom. The lowest BCUT2D eigenvalue weighted by atomic mass is 9.66. The number of carbonyl (C=O) groups is 3. The summed E-state index contributed by atoms with van der Waals surface area (Å²) in [7, 11) is 0. The second-order valence-electron chi connectivity index (χ2n) is 11.4. The van der Waals surface area contributed by atoms with Crippen molar-refractivity contribution in [3.8, 4) is 0 Å². The van der Waals surface area contributed by atoms with Gasteiger partial charge in [-0.2, -0.15) is 0 Å². The third kappa shape index (κ3) is 4.99. The fourth-order valence-corrected chi connectivity index (χ4v) is 7.39. The van der Waals surface area contributed by atoms with Gasteiger partial charge in [0.15, 0.2) is 0 Å². The summed E-state index contributed by atoms with van der Waals surface area (Å²) in [4.78, 5) is 45.4. The number of aliphatic hydroxyl groups is 1. The third-order valence-electron chi connectivity index (χ3n) is 9.04. The minimum absolute atomic E-state index is 0.0745. The van der Waals surface area contributed by atoms with Gasteiger partial charge in [0.2, 0.25) is 11.8 Å². The van der Waals surface area contributed by atoms with Gasteiger partial charge in [-0.15, -0.1) is 6.58 Å². The number of likely N-dealkylation sites (tertiary alicyclic amines) is 1. The molecule has 8 nitrogen and oxygen atoms in total. The smallest absolute Gasteiger partial charge is 0.313 e. The molecule has 3 heterocycles. The summed E-state index contributed by atoms with van der Waals surface area (Å²) in [5.74, 6) is -2.18. The molecule has 3 aliphatic heterocycles. The van der Waals surface area contributed by atoms with Gasteiger partial charge in [-0.3, -0.25) is 14.4 Å². The Morgan fingerprint density at radius 2 is 1.86 bits per heavy atom. The van der Waals surface area contributed by atoms with Gasteiger partial charge in [0, 0.05) is 25.7 Å². The van der Waals surface area contributed by atoms with Crippen LogP contribution in [0.5, 0.6) is 0 Å². The number of esters is 1. The quantitative estimate of drug-likeness (QED) is 0.229. The molecule has 5 atom stereocenters. The van der Waals surface area contributed by atoms with E-state index < -0.39 is 35.0 Å². The van der Waals surface area contributed by atoms with E-state index in [2.05, 4.69) is 13.2 Å². The van der Waals surface area contributed by atoms with Gasteiger partial charge in [0.05, 0.1) is 11.5 Å². The number of hydrogen-bond acceptors (Lipinski definition) is 6. The molecule has 0 aromatic rings. The number of unbranched alkanes of at least 4 members (excludes halogenated alkanes) is 3. The first kappa shape index (κ1) is 27.8. The molecule has 0 aromatic heterocycles. The zero-order valence-electron chi connectivity index (χ0n) is 22.4. The van der Waals surface area contributed by atoms with E-state index in [1.165, 1.54) is 12.5 Å². The van der Waals surface area contributed by atoms with Crippen molar-refractivity contribution in [3.63, 3.8) is 0 Å². The van der Waals surface area contributed by atoms with Gasteiger partial charge < -0.3 is 24.4 Å². The number of carbonyl (C=O) groups excluding carboxylic acids is 3. The van der Waals surface area contributed by atoms with E-state index in [9.17, 15) is 14.4 Å². The second-order valence-corrected chi connectivity index (χ2v) is 11.4. The fourth-order valence-electron chi connectivity index (χ4n) is 7.39. The van der Waals surface area contributed by atoms with Gasteiger partial charge in [0.1, 0.15) is 24.2 Å². The lowest BCUT2D eigenvalue weighted by molar-refractivity contribution is -0.160. The molecule has 1 spiro atoms. The van der Waals surface area contributed by atoms with E-state index in [4.69, 9.17) is 14.6 Å². The van der Waals surface area contributed by atoms with Gasteiger partial charge >= 0.3 is 5.97 Å². The van der Waals surface area contributed by atoms with Gasteiger partial charge in [-0.05, 0) is 45.4 Å². The molecule has 1 saturated carbocycles. The SMILES string of the molecule is C=CCOC(=O)[C@H]1[C@H]2C(=O)N(CCCCCCO)C(C(=O)N(CC=C)C3CCCCC3)C23CC[C@]1(C)O3. The molecule has 2 unspecified atom stereocenters. The molecule has 2 bridgehead atoms. The van der Waals surface area contributed by atoms with Crippen molar-refractivity contribution in [2.24, 2.45) is 11.8 Å². The van der Waals surface area contributed by atoms with Crippen molar-refractivity contribution in [1.29, 1.82) is 0 Å². The molecule has 4 aliphatic rings. The highest BCUT2D eigenvalue weighted by Crippen LogP contribution is 2.63. The number of hydrogen-bond donors (Lipinski definition) is 1. The average Bonchev–Trinajstić information content (AvgIpc) is 3.46. The van der Waals surface area contributed by atoms with Gasteiger partial charge in [-0.1, -0.05) is 50.8 Å². The molecule has 1 aliphatic carbocycles. The van der Waals surface area contributed by atoms with E-state index in [-0.39, 0.29) is 31.1 Å². The van der Waals surface area contributed by atoms with Crippen LogP contribution in [0.25, 0.3) is 0 Å². The summed E-state index contributed by atoms with van der Waals surface area (Å²) >= 11 is 0. The van der Waals surface area contributed by atoms with Gasteiger partial charge in [-0.25, -0.2) is 0 Å². The van der Waals surface area contributed by atoms with Crippen molar-refractivity contribution < 1.29 is 29.0 Å². The standard InChI is InChI=1S/C29H44N2O6/c1-4-17-30(21-13-9-8-10-14-21)26(34)24-29-16-15-28(3,37-29)23(27(35)36-20-5-2)22(29)25(33)31(24)18-11-6-7-12-19-32/h4-5,21-24,32H,1-2,6-20H2,3H3/t22-,23+,24?,28-,29?/m0/s1. The monoisotopic (exact) mass is 516 g/mol. The molecule has 3 saturated heterocycles. The van der Waals surface area contributed by atoms with Crippen molar-refractivity contribution in [2.45, 2.75) is 101 Å². The maximum Gasteiger partial charge on any atom is 0.313 e. The molecule has 0 radical (unpaired) electrons. The first-order valence-electron chi connectivity index (χ1n) is 14.1. The summed E-state index contributed by atoms with van der Waals surface area (Å²) in [6, 6.07) is -0.637. The second kappa shape index (κ2) is 11.7. The zero-order chi connectivity index (χ0) is 26.6. The summed E-state index contributed by atoms with van der Waals surface area (Å²) in [5.41, 5.74) is -1.86. The number of rotatable bonds is 13. The van der Waals surface area contributed by atoms with Crippen LogP contribution in [-0.4, -0.2) is 82.3 Å². The lowest BCUT2D eigenvalue weighted by Crippen LogP contribution is -2.58. The van der Waals surface area contributed by atoms with Crippen molar-refractivity contribution in [2.75, 3.05) is 26.3 Å². The normalized spacial score (nSPS) is 32.9. The highest BCUT2D eigenvalue weighted by Gasteiger charge is 2.78. The summed E-state index contributed by atoms with van der Waals surface area (Å²) in [5, 5.41) is 9.13. The van der Waals surface area contributed by atoms with Crippen LogP contribution in [0.15, 0.2) is 25.3 Å². The first-order valence-corrected chi connectivity index (χ1v) is 14.1. The molecule has 4 fully saturated rings. The highest BCUT2D eigenvalue weighted by atomic mass is 16.6. The molecule has 8 heteroatoms. The predicted molar refractivity (Wildman–Crippen MR) is 139 cm³/mol. The summed E-state index contributed by atoms with van der Waals surface area (Å²) in [6.07, 6.45) is 12.9. The minimum Gasteiger partial charge on any atom is -0.461 e. The molecular weight excluding hydrogens is 472 g/mol. The molecule has 0 aromatic carbocycles. The van der Waals surface area contributed by atoms with E-state index in [0.717, 1.165) is 51.4 Å². The average molecular weight is 517 g/mol. The van der Waals surface area contributed by atoms with Crippen LogP contribution >= 0.6 is 0 Å². The van der Waals surface area contributed by atoms with Crippen LogP contribution in [0.2, 0.25) is 0 Å². The number of aliphatic hydroxyl groups excluding tert-OH is 1. The van der Waals surface area contributed by atoms with E-state index in [1.807, 2.05) is 11.8 Å². The predicted octanol–water partition coefficient (Wildman–Crippen LogP) is 3.38. The zero-order valence-corrected chi connectivity index (χ0v) is 22.4. The summed E-state index contributed by atoms with van der Waals surface area (Å²) < 4.78 is 12.1. The third-order valence-corrected chi connectivity index (χ3v) is 9.04. The molecule has 206 valence electrons. The Balaban J connectivity index is 1.67. The molecule has 1 N–H and O–H groups in total. The van der Waals surface area contributed by atoms with Crippen LogP contribution in [0.3, 0.4) is 0 Å². The first-order chi connectivity index (χ1) is 17.8. The maximum atomic E-state index is 14.4. The summed E-state index contributed by atoms with van der Waals surface area (Å²) in [6.45, 7) is 10.5. The molecular formula is C29H44N2O6. The number of ether oxygens (including phenoxy) is 2. The van der Waals surface area contributed by atoms with Crippen molar-refractivity contribution in [1.82, 2.24) is 9.80 Å². The Hall–Kier alpha value is -2.19. The number of nitrogens with zero attached hydrogens (tertiary/aromatic N) is 2. The Labute approximate surface area is 221 Å². The van der Waals surface area contributed by atoms with E-state index in [0.29, 0.717) is 25.9 Å². The van der Waals surface area contributed by atoms with E-state index in [1.54, 1.807) is 11.0 Å². The Kier molecular flexibility index (Phi) is 8.79. The minimum atomic E-state index is -1.03. The van der Waals surface area contributed by atoms with Crippen LogP contribution in [0.4, 0.5) is 0 Å². The fraction of sp³-hybridized carbons (Fsp3) is 0.759. The largest absolute Gasteiger partial charge is 0.461 e. The molecule has 4 rings (SSSR count). The molecule has 2 amide bonds. The van der Waals surface area contributed by atoms with Gasteiger partial charge in [0.25, 0.3) is 0 Å². The van der Waals surface area contributed by atoms with Crippen molar-refractivity contribution >= 4 is 17.8 Å². The lowest BCUT2D eigenvalue weighted by Gasteiger charge is -2.40. The van der Waals surface area contributed by atoms with Crippen LogP contribution < -0.4 is 0 Å². The Morgan fingerprint density at radius 1 is 1.14 bits per heavy atom. The highest BCUT2D eigenvalue weighted by molar-refractivity contribution is 5.98. The van der Waals surface area contributed by atoms with E-state index >= 15 is 0 Å². The molecule has 37 heavy (non-hydrogen) atoms. The maximum absolute atomic E-state index is 14.4. The van der Waals surface area contributed by atoms with Crippen molar-refractivity contribution in [3.05, 3.63) is 25.3 Å². The topological polar surface area (TPSA) is 96.4 Å². The number of amides is 2. The van der Waals surface area contributed by atoms with Crippen LogP contribution in [0, 0.1) is 11.8 Å².